The Balaban J connectivity index is 2.18. The van der Waals surface area contributed by atoms with Gasteiger partial charge in [0.25, 0.3) is 0 Å². The molecule has 0 atom stereocenters. The van der Waals surface area contributed by atoms with E-state index in [2.05, 4.69) is 4.52 Å². The Morgan fingerprint density at radius 1 is 0.952 bits per heavy atom. The molecule has 112 valence electrons. The van der Waals surface area contributed by atoms with Crippen LogP contribution in [0.5, 0.6) is 17.2 Å². The Morgan fingerprint density at radius 2 is 1.62 bits per heavy atom. The normalized spacial score (nSPS) is 11.3. The number of hydrogen-bond donors (Lipinski definition) is 4. The summed E-state index contributed by atoms with van der Waals surface area (Å²) in [5.74, 6) is 0.0358. The van der Waals surface area contributed by atoms with Gasteiger partial charge in [0.2, 0.25) is 0 Å². The Kier molecular flexibility index (Phi) is 4.53. The van der Waals surface area contributed by atoms with Gasteiger partial charge in [0.15, 0.2) is 0 Å². The van der Waals surface area contributed by atoms with Crippen LogP contribution in [0.1, 0.15) is 11.1 Å². The number of phosphoric acid groups is 1. The third-order valence-corrected chi connectivity index (χ3v) is 3.36. The van der Waals surface area contributed by atoms with E-state index >= 15 is 0 Å². The smallest absolute Gasteiger partial charge is 0.508 e. The van der Waals surface area contributed by atoms with Gasteiger partial charge in [-0.25, -0.2) is 4.57 Å². The van der Waals surface area contributed by atoms with Crippen molar-refractivity contribution in [3.8, 4) is 17.2 Å². The van der Waals surface area contributed by atoms with E-state index in [1.807, 2.05) is 0 Å². The van der Waals surface area contributed by atoms with E-state index in [1.54, 1.807) is 24.3 Å². The lowest BCUT2D eigenvalue weighted by molar-refractivity contribution is 0.281. The van der Waals surface area contributed by atoms with E-state index in [4.69, 9.17) is 9.79 Å². The highest BCUT2D eigenvalue weighted by Gasteiger charge is 2.19. The second kappa shape index (κ2) is 6.18. The fourth-order valence-electron chi connectivity index (χ4n) is 1.95. The first kappa shape index (κ1) is 15.4. The summed E-state index contributed by atoms with van der Waals surface area (Å²) >= 11 is 0. The molecule has 0 saturated heterocycles. The minimum Gasteiger partial charge on any atom is -0.508 e. The zero-order valence-electron chi connectivity index (χ0n) is 11.0. The highest BCUT2D eigenvalue weighted by molar-refractivity contribution is 7.46. The van der Waals surface area contributed by atoms with Gasteiger partial charge in [0.05, 0.1) is 0 Å². The molecule has 0 fully saturated rings. The monoisotopic (exact) mass is 310 g/mol. The summed E-state index contributed by atoms with van der Waals surface area (Å²) in [6.45, 7) is 0. The molecule has 21 heavy (non-hydrogen) atoms. The maximum absolute atomic E-state index is 10.9. The van der Waals surface area contributed by atoms with Gasteiger partial charge in [0, 0.05) is 5.56 Å². The van der Waals surface area contributed by atoms with Crippen LogP contribution in [0.2, 0.25) is 0 Å². The van der Waals surface area contributed by atoms with Crippen molar-refractivity contribution in [3.63, 3.8) is 0 Å². The molecule has 4 N–H and O–H groups in total. The zero-order chi connectivity index (χ0) is 15.5. The Labute approximate surface area is 121 Å². The minimum absolute atomic E-state index is 0.0397. The van der Waals surface area contributed by atoms with Gasteiger partial charge in [0.1, 0.15) is 17.2 Å². The molecule has 0 spiro atoms. The van der Waals surface area contributed by atoms with Gasteiger partial charge in [-0.15, -0.1) is 0 Å². The third-order valence-electron chi connectivity index (χ3n) is 2.93. The van der Waals surface area contributed by atoms with Crippen LogP contribution in [0.4, 0.5) is 0 Å². The number of aromatic hydroxyl groups is 2. The summed E-state index contributed by atoms with van der Waals surface area (Å²) in [6, 6.07) is 10.8. The second-order valence-electron chi connectivity index (χ2n) is 4.50. The molecule has 0 radical (unpaired) electrons. The summed E-state index contributed by atoms with van der Waals surface area (Å²) in [7, 11) is -4.68. The van der Waals surface area contributed by atoms with Gasteiger partial charge in [-0.2, -0.15) is 0 Å². The number of phenols is 2. The molecular formula is C14H15O6P. The number of aryl methyl sites for hydroxylation is 1. The lowest BCUT2D eigenvalue weighted by Gasteiger charge is -2.13. The van der Waals surface area contributed by atoms with Crippen LogP contribution >= 0.6 is 7.82 Å². The largest absolute Gasteiger partial charge is 0.524 e. The lowest BCUT2D eigenvalue weighted by atomic mass is 10.0. The number of rotatable bonds is 5. The highest BCUT2D eigenvalue weighted by atomic mass is 31.2. The molecule has 0 aromatic heterocycles. The first-order chi connectivity index (χ1) is 9.85. The Morgan fingerprint density at radius 3 is 2.24 bits per heavy atom. The van der Waals surface area contributed by atoms with Crippen molar-refractivity contribution in [1.29, 1.82) is 0 Å². The molecule has 0 heterocycles. The predicted octanol–water partition coefficient (Wildman–Crippen LogP) is 2.35. The fraction of sp³-hybridized carbons (Fsp3) is 0.143. The van der Waals surface area contributed by atoms with Gasteiger partial charge in [-0.1, -0.05) is 18.2 Å². The minimum atomic E-state index is -4.68. The van der Waals surface area contributed by atoms with Crippen LogP contribution in [0.15, 0.2) is 42.5 Å². The summed E-state index contributed by atoms with van der Waals surface area (Å²) in [6.07, 6.45) is 0.863. The molecule has 6 nitrogen and oxygen atoms in total. The molecular weight excluding hydrogens is 295 g/mol. The maximum atomic E-state index is 10.9. The Hall–Kier alpha value is -2.01. The average Bonchev–Trinajstić information content (AvgIpc) is 2.38. The van der Waals surface area contributed by atoms with E-state index in [-0.39, 0.29) is 17.2 Å². The molecule has 0 aliphatic rings. The van der Waals surface area contributed by atoms with Crippen molar-refractivity contribution in [3.05, 3.63) is 53.6 Å². The number of hydrogen-bond acceptors (Lipinski definition) is 4. The van der Waals surface area contributed by atoms with Gasteiger partial charge < -0.3 is 14.7 Å². The van der Waals surface area contributed by atoms with Crippen molar-refractivity contribution in [2.45, 2.75) is 12.8 Å². The topological polar surface area (TPSA) is 107 Å². The average molecular weight is 310 g/mol. The number of phosphoric ester groups is 1. The lowest BCUT2D eigenvalue weighted by Crippen LogP contribution is -1.98. The van der Waals surface area contributed by atoms with Crippen LogP contribution in [-0.4, -0.2) is 20.0 Å². The van der Waals surface area contributed by atoms with Crippen LogP contribution in [-0.2, 0) is 17.4 Å². The molecule has 0 amide bonds. The van der Waals surface area contributed by atoms with E-state index in [1.165, 1.54) is 18.2 Å². The van der Waals surface area contributed by atoms with Crippen LogP contribution in [0.3, 0.4) is 0 Å². The molecule has 2 rings (SSSR count). The summed E-state index contributed by atoms with van der Waals surface area (Å²) in [4.78, 5) is 17.8. The summed E-state index contributed by atoms with van der Waals surface area (Å²) < 4.78 is 15.5. The van der Waals surface area contributed by atoms with Crippen molar-refractivity contribution >= 4 is 7.82 Å². The van der Waals surface area contributed by atoms with Gasteiger partial charge in [-0.3, -0.25) is 9.79 Å². The molecule has 7 heteroatoms. The SMILES string of the molecule is O=P(O)(O)Oc1cccc(O)c1CCc1ccc(O)cc1. The van der Waals surface area contributed by atoms with Gasteiger partial charge >= 0.3 is 7.82 Å². The van der Waals surface area contributed by atoms with Crippen molar-refractivity contribution in [2.24, 2.45) is 0 Å². The first-order valence-electron chi connectivity index (χ1n) is 6.19. The molecule has 2 aromatic rings. The zero-order valence-corrected chi connectivity index (χ0v) is 11.9. The quantitative estimate of drug-likeness (QED) is 0.632. The Bertz CT molecular complexity index is 662. The second-order valence-corrected chi connectivity index (χ2v) is 5.67. The molecule has 0 aliphatic heterocycles. The van der Waals surface area contributed by atoms with Crippen molar-refractivity contribution < 1.29 is 29.1 Å². The van der Waals surface area contributed by atoms with Crippen LogP contribution in [0.25, 0.3) is 0 Å². The number of benzene rings is 2. The first-order valence-corrected chi connectivity index (χ1v) is 7.72. The standard InChI is InChI=1S/C14H15O6P/c15-11-7-4-10(5-8-11)6-9-12-13(16)2-1-3-14(12)20-21(17,18)19/h1-5,7-8,15-16H,6,9H2,(H2,17,18,19). The van der Waals surface area contributed by atoms with E-state index in [9.17, 15) is 14.8 Å². The van der Waals surface area contributed by atoms with E-state index in [0.717, 1.165) is 5.56 Å². The highest BCUT2D eigenvalue weighted by Crippen LogP contribution is 2.41. The summed E-state index contributed by atoms with van der Waals surface area (Å²) in [5.41, 5.74) is 1.24. The van der Waals surface area contributed by atoms with Crippen LogP contribution in [0, 0.1) is 0 Å². The van der Waals surface area contributed by atoms with Crippen molar-refractivity contribution in [1.82, 2.24) is 0 Å². The third kappa shape index (κ3) is 4.49. The summed E-state index contributed by atoms with van der Waals surface area (Å²) in [5, 5.41) is 19.0. The predicted molar refractivity (Wildman–Crippen MR) is 76.3 cm³/mol. The fourth-order valence-corrected chi connectivity index (χ4v) is 2.38. The molecule has 0 aliphatic carbocycles. The molecule has 0 saturated carbocycles. The number of phenolic OH excluding ortho intramolecular Hbond substituents is 2. The van der Waals surface area contributed by atoms with Crippen LogP contribution < -0.4 is 4.52 Å². The van der Waals surface area contributed by atoms with E-state index < -0.39 is 7.82 Å². The molecule has 2 aromatic carbocycles. The maximum Gasteiger partial charge on any atom is 0.524 e. The molecule has 0 unspecified atom stereocenters. The van der Waals surface area contributed by atoms with E-state index in [0.29, 0.717) is 18.4 Å². The van der Waals surface area contributed by atoms with Crippen molar-refractivity contribution in [2.75, 3.05) is 0 Å². The molecule has 0 bridgehead atoms. The van der Waals surface area contributed by atoms with Gasteiger partial charge in [-0.05, 0) is 42.7 Å².